The SMILES string of the molecule is CC(=O)N1CC([N+](=O)[O-])([N+](=O)[O-])C([N+](=O)[O-])=N1. The Morgan fingerprint density at radius 3 is 2.00 bits per heavy atom. The summed E-state index contributed by atoms with van der Waals surface area (Å²) in [5.41, 5.74) is -3.21. The molecule has 0 aromatic rings. The predicted molar refractivity (Wildman–Crippen MR) is 48.5 cm³/mol. The molecule has 1 aliphatic rings. The molecule has 1 amide bonds. The van der Waals surface area contributed by atoms with Gasteiger partial charge in [-0.15, -0.1) is 5.01 Å². The maximum absolute atomic E-state index is 10.9. The summed E-state index contributed by atoms with van der Waals surface area (Å²) in [5, 5.41) is 35.2. The van der Waals surface area contributed by atoms with Crippen LogP contribution in [0.2, 0.25) is 0 Å². The van der Waals surface area contributed by atoms with Gasteiger partial charge in [0.25, 0.3) is 5.91 Å². The lowest BCUT2D eigenvalue weighted by Gasteiger charge is -2.08. The second-order valence-electron chi connectivity index (χ2n) is 3.09. The molecule has 0 saturated carbocycles. The van der Waals surface area contributed by atoms with Crippen LogP contribution in [-0.2, 0) is 4.79 Å². The molecule has 17 heavy (non-hydrogen) atoms. The number of carbonyl (C=O) groups is 1. The van der Waals surface area contributed by atoms with Crippen molar-refractivity contribution in [3.8, 4) is 0 Å². The number of amides is 1. The summed E-state index contributed by atoms with van der Waals surface area (Å²) >= 11 is 0. The van der Waals surface area contributed by atoms with Crippen LogP contribution in [0.5, 0.6) is 0 Å². The van der Waals surface area contributed by atoms with Gasteiger partial charge in [0.15, 0.2) is 0 Å². The van der Waals surface area contributed by atoms with Crippen molar-refractivity contribution >= 4 is 11.7 Å². The third kappa shape index (κ3) is 1.64. The van der Waals surface area contributed by atoms with Gasteiger partial charge in [-0.2, -0.15) is 0 Å². The van der Waals surface area contributed by atoms with Crippen molar-refractivity contribution in [1.82, 2.24) is 5.01 Å². The molecule has 1 aliphatic heterocycles. The normalized spacial score (nSPS) is 17.5. The van der Waals surface area contributed by atoms with Gasteiger partial charge in [-0.25, -0.2) is 0 Å². The molecule has 0 aliphatic carbocycles. The van der Waals surface area contributed by atoms with Crippen molar-refractivity contribution in [3.05, 3.63) is 30.3 Å². The highest BCUT2D eigenvalue weighted by molar-refractivity contribution is 5.87. The van der Waals surface area contributed by atoms with Crippen LogP contribution in [0.4, 0.5) is 0 Å². The Balaban J connectivity index is 3.38. The van der Waals surface area contributed by atoms with Gasteiger partial charge in [0.2, 0.25) is 6.54 Å². The smallest absolute Gasteiger partial charge is 0.358 e. The van der Waals surface area contributed by atoms with Crippen LogP contribution in [0.1, 0.15) is 6.92 Å². The number of hydrazone groups is 1. The molecule has 0 aromatic heterocycles. The first kappa shape index (κ1) is 12.4. The van der Waals surface area contributed by atoms with Crippen LogP contribution in [0, 0.1) is 30.3 Å². The Hall–Kier alpha value is -2.66. The van der Waals surface area contributed by atoms with E-state index in [0.29, 0.717) is 5.01 Å². The largest absolute Gasteiger partial charge is 0.586 e. The molecule has 12 nitrogen and oxygen atoms in total. The van der Waals surface area contributed by atoms with E-state index >= 15 is 0 Å². The van der Waals surface area contributed by atoms with Crippen LogP contribution in [0.25, 0.3) is 0 Å². The fourth-order valence-electron chi connectivity index (χ4n) is 1.22. The second kappa shape index (κ2) is 3.73. The minimum Gasteiger partial charge on any atom is -0.358 e. The zero-order chi connectivity index (χ0) is 13.4. The first-order valence-electron chi connectivity index (χ1n) is 4.04. The Labute approximate surface area is 91.9 Å². The number of nitro groups is 3. The molecule has 0 atom stereocenters. The van der Waals surface area contributed by atoms with Crippen LogP contribution in [0.3, 0.4) is 0 Å². The van der Waals surface area contributed by atoms with Crippen LogP contribution >= 0.6 is 0 Å². The molecule has 92 valence electrons. The predicted octanol–water partition coefficient (Wildman–Crippen LogP) is -1.31. The Morgan fingerprint density at radius 2 is 1.76 bits per heavy atom. The highest BCUT2D eigenvalue weighted by Gasteiger charge is 2.75. The van der Waals surface area contributed by atoms with Crippen molar-refractivity contribution in [1.29, 1.82) is 0 Å². The highest BCUT2D eigenvalue weighted by Crippen LogP contribution is 2.23. The van der Waals surface area contributed by atoms with E-state index in [1.807, 2.05) is 0 Å². The topological polar surface area (TPSA) is 162 Å². The van der Waals surface area contributed by atoms with Crippen LogP contribution < -0.4 is 0 Å². The van der Waals surface area contributed by atoms with Gasteiger partial charge in [-0.3, -0.25) is 25.0 Å². The van der Waals surface area contributed by atoms with Crippen LogP contribution in [-0.4, -0.2) is 43.7 Å². The van der Waals surface area contributed by atoms with Gasteiger partial charge in [-0.05, 0) is 4.92 Å². The summed E-state index contributed by atoms with van der Waals surface area (Å²) in [7, 11) is 0. The van der Waals surface area contributed by atoms with E-state index in [0.717, 1.165) is 6.92 Å². The number of hydrogen-bond acceptors (Lipinski definition) is 8. The number of carbonyl (C=O) groups excluding carboxylic acids is 1. The van der Waals surface area contributed by atoms with Crippen LogP contribution in [0.15, 0.2) is 5.10 Å². The van der Waals surface area contributed by atoms with E-state index in [-0.39, 0.29) is 0 Å². The molecule has 12 heteroatoms. The van der Waals surface area contributed by atoms with Gasteiger partial charge < -0.3 is 10.1 Å². The van der Waals surface area contributed by atoms with E-state index in [2.05, 4.69) is 5.10 Å². The standard InChI is InChI=1S/C5H5N5O7/c1-3(11)7-2-5(9(14)15,10(16)17)4(6-7)8(12)13/h2H2,1H3. The lowest BCUT2D eigenvalue weighted by atomic mass is 10.2. The molecule has 1 rings (SSSR count). The lowest BCUT2D eigenvalue weighted by Crippen LogP contribution is -2.57. The molecular formula is C5H5N5O7. The van der Waals surface area contributed by atoms with Crippen molar-refractivity contribution in [2.45, 2.75) is 12.6 Å². The maximum Gasteiger partial charge on any atom is 0.586 e. The first-order valence-corrected chi connectivity index (χ1v) is 4.04. The Bertz CT molecular complexity index is 442. The lowest BCUT2D eigenvalue weighted by molar-refractivity contribution is -0.777. The van der Waals surface area contributed by atoms with Crippen molar-refractivity contribution in [2.75, 3.05) is 6.54 Å². The molecule has 0 spiro atoms. The minimum absolute atomic E-state index is 0.323. The minimum atomic E-state index is -3.21. The van der Waals surface area contributed by atoms with Gasteiger partial charge in [-0.1, -0.05) is 0 Å². The molecule has 1 heterocycles. The summed E-state index contributed by atoms with van der Waals surface area (Å²) in [6, 6.07) is 0. The zero-order valence-corrected chi connectivity index (χ0v) is 8.30. The molecule has 0 unspecified atom stereocenters. The maximum atomic E-state index is 10.9. The Morgan fingerprint density at radius 1 is 1.29 bits per heavy atom. The molecule has 0 fully saturated rings. The molecule has 0 aromatic carbocycles. The fourth-order valence-corrected chi connectivity index (χ4v) is 1.22. The van der Waals surface area contributed by atoms with Gasteiger partial charge in [0.05, 0.1) is 5.10 Å². The Kier molecular flexibility index (Phi) is 2.72. The molecule has 0 N–H and O–H groups in total. The second-order valence-corrected chi connectivity index (χ2v) is 3.09. The number of hydrogen-bond donors (Lipinski definition) is 0. The molecule has 0 radical (unpaired) electrons. The average molecular weight is 247 g/mol. The number of amidine groups is 1. The quantitative estimate of drug-likeness (QED) is 0.332. The number of nitrogens with zero attached hydrogens (tertiary/aromatic N) is 5. The summed E-state index contributed by atoms with van der Waals surface area (Å²) in [6.45, 7) is -0.171. The molecule has 0 bridgehead atoms. The molecule has 0 saturated heterocycles. The highest BCUT2D eigenvalue weighted by atomic mass is 16.7. The van der Waals surface area contributed by atoms with E-state index in [1.165, 1.54) is 0 Å². The van der Waals surface area contributed by atoms with E-state index < -0.39 is 38.7 Å². The molecular weight excluding hydrogens is 242 g/mol. The monoisotopic (exact) mass is 247 g/mol. The van der Waals surface area contributed by atoms with Gasteiger partial charge >= 0.3 is 11.5 Å². The van der Waals surface area contributed by atoms with E-state index in [4.69, 9.17) is 0 Å². The van der Waals surface area contributed by atoms with Crippen molar-refractivity contribution in [3.63, 3.8) is 0 Å². The van der Waals surface area contributed by atoms with Gasteiger partial charge in [0.1, 0.15) is 9.85 Å². The zero-order valence-electron chi connectivity index (χ0n) is 8.30. The van der Waals surface area contributed by atoms with Crippen molar-refractivity contribution in [2.24, 2.45) is 5.10 Å². The summed E-state index contributed by atoms with van der Waals surface area (Å²) < 4.78 is 0. The summed E-state index contributed by atoms with van der Waals surface area (Å²) in [5.74, 6) is -2.35. The van der Waals surface area contributed by atoms with E-state index in [1.54, 1.807) is 0 Å². The van der Waals surface area contributed by atoms with Crippen molar-refractivity contribution < 1.29 is 19.6 Å². The number of rotatable bonds is 2. The van der Waals surface area contributed by atoms with Gasteiger partial charge in [0, 0.05) is 6.92 Å². The average Bonchev–Trinajstić information content (AvgIpc) is 2.58. The summed E-state index contributed by atoms with van der Waals surface area (Å²) in [6.07, 6.45) is 0. The summed E-state index contributed by atoms with van der Waals surface area (Å²) in [4.78, 5) is 38.6. The fraction of sp³-hybridized carbons (Fsp3) is 0.600. The van der Waals surface area contributed by atoms with E-state index in [9.17, 15) is 35.1 Å². The third-order valence-electron chi connectivity index (χ3n) is 2.08. The first-order chi connectivity index (χ1) is 7.73. The third-order valence-corrected chi connectivity index (χ3v) is 2.08.